The first kappa shape index (κ1) is 10.8. The lowest BCUT2D eigenvalue weighted by Gasteiger charge is -2.19. The van der Waals surface area contributed by atoms with Crippen LogP contribution in [0.1, 0.15) is 18.5 Å². The van der Waals surface area contributed by atoms with E-state index >= 15 is 0 Å². The van der Waals surface area contributed by atoms with Crippen LogP contribution in [0.15, 0.2) is 42.6 Å². The van der Waals surface area contributed by atoms with E-state index in [1.165, 1.54) is 5.56 Å². The van der Waals surface area contributed by atoms with Gasteiger partial charge in [0.25, 0.3) is 0 Å². The molecule has 0 aromatic heterocycles. The molecule has 1 aromatic rings. The number of allylic oxidation sites excluding steroid dienone is 1. The minimum absolute atomic E-state index is 0.193. The van der Waals surface area contributed by atoms with Crippen LogP contribution in [-0.4, -0.2) is 13.7 Å². The Balaban J connectivity index is 2.72. The third-order valence-electron chi connectivity index (χ3n) is 1.96. The zero-order valence-electron chi connectivity index (χ0n) is 8.79. The van der Waals surface area contributed by atoms with Gasteiger partial charge in [-0.1, -0.05) is 36.9 Å². The van der Waals surface area contributed by atoms with Gasteiger partial charge in [-0.15, -0.1) is 0 Å². The molecule has 0 unspecified atom stereocenters. The van der Waals surface area contributed by atoms with Crippen molar-refractivity contribution >= 4 is 0 Å². The van der Waals surface area contributed by atoms with Crippen molar-refractivity contribution in [3.63, 3.8) is 0 Å². The minimum atomic E-state index is 0.193. The largest absolute Gasteiger partial charge is 0.382 e. The molecule has 0 saturated heterocycles. The third-order valence-corrected chi connectivity index (χ3v) is 1.96. The van der Waals surface area contributed by atoms with Crippen molar-refractivity contribution < 1.29 is 4.74 Å². The van der Waals surface area contributed by atoms with Crippen LogP contribution in [-0.2, 0) is 4.74 Å². The van der Waals surface area contributed by atoms with Gasteiger partial charge < -0.3 is 10.1 Å². The van der Waals surface area contributed by atoms with Crippen molar-refractivity contribution in [1.29, 1.82) is 0 Å². The Morgan fingerprint density at radius 3 is 2.57 bits per heavy atom. The molecular weight excluding hydrogens is 174 g/mol. The molecule has 0 bridgehead atoms. The summed E-state index contributed by atoms with van der Waals surface area (Å²) >= 11 is 0. The van der Waals surface area contributed by atoms with Gasteiger partial charge >= 0.3 is 0 Å². The van der Waals surface area contributed by atoms with E-state index < -0.39 is 0 Å². The maximum absolute atomic E-state index is 5.16. The second-order valence-electron chi connectivity index (χ2n) is 3.34. The summed E-state index contributed by atoms with van der Waals surface area (Å²) < 4.78 is 5.16. The number of rotatable bonds is 5. The van der Waals surface area contributed by atoms with Crippen LogP contribution in [0, 0.1) is 0 Å². The molecule has 14 heavy (non-hydrogen) atoms. The molecule has 1 atom stereocenters. The molecule has 0 fully saturated rings. The molecule has 1 aromatic carbocycles. The van der Waals surface area contributed by atoms with E-state index in [-0.39, 0.29) is 6.04 Å². The lowest BCUT2D eigenvalue weighted by Crippen LogP contribution is -2.23. The van der Waals surface area contributed by atoms with Gasteiger partial charge in [0.15, 0.2) is 0 Å². The molecule has 1 rings (SSSR count). The van der Waals surface area contributed by atoms with Crippen molar-refractivity contribution in [3.05, 3.63) is 48.2 Å². The van der Waals surface area contributed by atoms with Crippen LogP contribution in [0.25, 0.3) is 0 Å². The van der Waals surface area contributed by atoms with Gasteiger partial charge in [-0.05, 0) is 12.5 Å². The number of hydrogen-bond donors (Lipinski definition) is 1. The summed E-state index contributed by atoms with van der Waals surface area (Å²) in [5.41, 5.74) is 2.17. The van der Waals surface area contributed by atoms with E-state index in [2.05, 4.69) is 24.0 Å². The maximum Gasteiger partial charge on any atom is 0.0744 e. The first-order valence-electron chi connectivity index (χ1n) is 4.70. The molecule has 0 aliphatic carbocycles. The van der Waals surface area contributed by atoms with Gasteiger partial charge in [-0.2, -0.15) is 0 Å². The highest BCUT2D eigenvalue weighted by atomic mass is 16.5. The second kappa shape index (κ2) is 5.45. The number of hydrogen-bond acceptors (Lipinski definition) is 2. The van der Waals surface area contributed by atoms with Crippen LogP contribution in [0.5, 0.6) is 0 Å². The number of benzene rings is 1. The highest BCUT2D eigenvalue weighted by Gasteiger charge is 2.09. The summed E-state index contributed by atoms with van der Waals surface area (Å²) in [5, 5.41) is 3.28. The van der Waals surface area contributed by atoms with E-state index in [1.54, 1.807) is 7.11 Å². The summed E-state index contributed by atoms with van der Waals surface area (Å²) in [6.45, 7) is 6.44. The number of ether oxygens (including phenoxy) is 1. The van der Waals surface area contributed by atoms with E-state index in [1.807, 2.05) is 25.1 Å². The Hall–Kier alpha value is -1.28. The average molecular weight is 191 g/mol. The van der Waals surface area contributed by atoms with Gasteiger partial charge in [-0.25, -0.2) is 0 Å². The first-order valence-corrected chi connectivity index (χ1v) is 4.70. The summed E-state index contributed by atoms with van der Waals surface area (Å²) in [4.78, 5) is 0. The zero-order chi connectivity index (χ0) is 10.4. The number of methoxy groups -OCH3 is 1. The van der Waals surface area contributed by atoms with Crippen molar-refractivity contribution in [1.82, 2.24) is 5.32 Å². The van der Waals surface area contributed by atoms with Crippen LogP contribution >= 0.6 is 0 Å². The van der Waals surface area contributed by atoms with Crippen LogP contribution in [0.2, 0.25) is 0 Å². The van der Waals surface area contributed by atoms with Gasteiger partial charge in [0.1, 0.15) is 0 Å². The van der Waals surface area contributed by atoms with Gasteiger partial charge in [0, 0.05) is 12.8 Å². The standard InChI is InChI=1S/C12H17NO/c1-10(2)13-12(9-14-3)11-7-5-4-6-8-11/h4-8,12-13H,1,9H2,2-3H3/t12-/m1/s1. The first-order chi connectivity index (χ1) is 6.74. The minimum Gasteiger partial charge on any atom is -0.382 e. The van der Waals surface area contributed by atoms with Gasteiger partial charge in [-0.3, -0.25) is 0 Å². The molecule has 0 aliphatic heterocycles. The fourth-order valence-electron chi connectivity index (χ4n) is 1.37. The summed E-state index contributed by atoms with van der Waals surface area (Å²) in [5.74, 6) is 0. The van der Waals surface area contributed by atoms with E-state index in [9.17, 15) is 0 Å². The Morgan fingerprint density at radius 1 is 1.43 bits per heavy atom. The topological polar surface area (TPSA) is 21.3 Å². The number of nitrogens with one attached hydrogen (secondary N) is 1. The molecule has 76 valence electrons. The zero-order valence-corrected chi connectivity index (χ0v) is 8.79. The molecule has 2 nitrogen and oxygen atoms in total. The predicted molar refractivity (Wildman–Crippen MR) is 59.0 cm³/mol. The summed E-state index contributed by atoms with van der Waals surface area (Å²) in [7, 11) is 1.70. The maximum atomic E-state index is 5.16. The molecule has 0 spiro atoms. The highest BCUT2D eigenvalue weighted by molar-refractivity contribution is 5.20. The lowest BCUT2D eigenvalue weighted by molar-refractivity contribution is 0.171. The van der Waals surface area contributed by atoms with E-state index in [0.717, 1.165) is 5.70 Å². The van der Waals surface area contributed by atoms with Gasteiger partial charge in [0.2, 0.25) is 0 Å². The third kappa shape index (κ3) is 3.23. The van der Waals surface area contributed by atoms with E-state index in [0.29, 0.717) is 6.61 Å². The van der Waals surface area contributed by atoms with Crippen LogP contribution in [0.4, 0.5) is 0 Å². The van der Waals surface area contributed by atoms with Crippen molar-refractivity contribution in [3.8, 4) is 0 Å². The van der Waals surface area contributed by atoms with Crippen molar-refractivity contribution in [2.45, 2.75) is 13.0 Å². The summed E-state index contributed by atoms with van der Waals surface area (Å²) in [6, 6.07) is 10.4. The predicted octanol–water partition coefficient (Wildman–Crippen LogP) is 2.50. The second-order valence-corrected chi connectivity index (χ2v) is 3.34. The quantitative estimate of drug-likeness (QED) is 0.772. The fraction of sp³-hybridized carbons (Fsp3) is 0.333. The molecular formula is C12H17NO. The molecule has 1 N–H and O–H groups in total. The smallest absolute Gasteiger partial charge is 0.0744 e. The van der Waals surface area contributed by atoms with E-state index in [4.69, 9.17) is 4.74 Å². The summed E-state index contributed by atoms with van der Waals surface area (Å²) in [6.07, 6.45) is 0. The average Bonchev–Trinajstić information content (AvgIpc) is 2.18. The highest BCUT2D eigenvalue weighted by Crippen LogP contribution is 2.13. The normalized spacial score (nSPS) is 12.1. The molecule has 0 saturated carbocycles. The Labute approximate surface area is 85.6 Å². The molecule has 2 heteroatoms. The Kier molecular flexibility index (Phi) is 4.20. The molecule has 0 radical (unpaired) electrons. The lowest BCUT2D eigenvalue weighted by atomic mass is 10.1. The van der Waals surface area contributed by atoms with Crippen LogP contribution in [0.3, 0.4) is 0 Å². The monoisotopic (exact) mass is 191 g/mol. The van der Waals surface area contributed by atoms with Crippen LogP contribution < -0.4 is 5.32 Å². The fourth-order valence-corrected chi connectivity index (χ4v) is 1.37. The Morgan fingerprint density at radius 2 is 2.07 bits per heavy atom. The van der Waals surface area contributed by atoms with Gasteiger partial charge in [0.05, 0.1) is 12.6 Å². The van der Waals surface area contributed by atoms with Crippen molar-refractivity contribution in [2.75, 3.05) is 13.7 Å². The Bertz CT molecular complexity index is 282. The van der Waals surface area contributed by atoms with Crippen molar-refractivity contribution in [2.24, 2.45) is 0 Å². The molecule has 0 amide bonds. The molecule has 0 aliphatic rings. The molecule has 0 heterocycles. The SMILES string of the molecule is C=C(C)N[C@H](COC)c1ccccc1.